The second-order valence-electron chi connectivity index (χ2n) is 6.57. The Labute approximate surface area is 135 Å². The zero-order valence-electron chi connectivity index (χ0n) is 12.7. The largest absolute Gasteiger partial charge is 0.448 e. The summed E-state index contributed by atoms with van der Waals surface area (Å²) in [6.07, 6.45) is 4.33. The fourth-order valence-corrected chi connectivity index (χ4v) is 5.28. The molecular weight excluding hydrogens is 318 g/mol. The maximum absolute atomic E-state index is 12.2. The number of carbonyl (C=O) groups excluding carboxylic acids is 1. The summed E-state index contributed by atoms with van der Waals surface area (Å²) < 4.78 is 34.9. The first-order chi connectivity index (χ1) is 10.9. The van der Waals surface area contributed by atoms with Gasteiger partial charge in [-0.3, -0.25) is 4.79 Å². The molecule has 23 heavy (non-hydrogen) atoms. The summed E-state index contributed by atoms with van der Waals surface area (Å²) in [7, 11) is -3.06. The molecule has 2 heterocycles. The van der Waals surface area contributed by atoms with Crippen LogP contribution >= 0.6 is 0 Å². The van der Waals surface area contributed by atoms with Crippen LogP contribution in [-0.2, 0) is 14.6 Å². The van der Waals surface area contributed by atoms with Gasteiger partial charge < -0.3 is 14.8 Å². The smallest absolute Gasteiger partial charge is 0.251 e. The number of fused-ring (bicyclic) bond motifs is 1. The second-order valence-corrected chi connectivity index (χ2v) is 8.80. The molecule has 1 saturated heterocycles. The summed E-state index contributed by atoms with van der Waals surface area (Å²) in [5.41, 5.74) is 0.608. The highest BCUT2D eigenvalue weighted by atomic mass is 32.2. The van der Waals surface area contributed by atoms with Gasteiger partial charge in [0.05, 0.1) is 17.4 Å². The molecule has 0 aromatic heterocycles. The second kappa shape index (κ2) is 5.12. The Hall–Kier alpha value is -1.76. The van der Waals surface area contributed by atoms with E-state index in [1.165, 1.54) is 0 Å². The van der Waals surface area contributed by atoms with Gasteiger partial charge in [0.1, 0.15) is 0 Å². The number of ether oxygens (including phenoxy) is 2. The van der Waals surface area contributed by atoms with Gasteiger partial charge in [-0.15, -0.1) is 0 Å². The lowest BCUT2D eigenvalue weighted by Crippen LogP contribution is -2.34. The van der Waals surface area contributed by atoms with Crippen molar-refractivity contribution in [2.45, 2.75) is 37.9 Å². The van der Waals surface area contributed by atoms with Gasteiger partial charge in [-0.25, -0.2) is 8.42 Å². The summed E-state index contributed by atoms with van der Waals surface area (Å²) in [5.74, 6) is 0.135. The van der Waals surface area contributed by atoms with Gasteiger partial charge >= 0.3 is 0 Å². The van der Waals surface area contributed by atoms with Gasteiger partial charge in [0, 0.05) is 24.6 Å². The molecule has 124 valence electrons. The van der Waals surface area contributed by atoms with E-state index in [2.05, 4.69) is 5.32 Å². The molecule has 1 unspecified atom stereocenters. The topological polar surface area (TPSA) is 81.7 Å². The summed E-state index contributed by atoms with van der Waals surface area (Å²) in [6, 6.07) is 5.31. The molecule has 1 spiro atoms. The molecule has 2 aliphatic heterocycles. The Morgan fingerprint density at radius 3 is 2.61 bits per heavy atom. The van der Waals surface area contributed by atoms with Crippen molar-refractivity contribution in [2.24, 2.45) is 5.92 Å². The van der Waals surface area contributed by atoms with Crippen molar-refractivity contribution in [3.05, 3.63) is 18.2 Å². The third-order valence-corrected chi connectivity index (χ3v) is 6.54. The van der Waals surface area contributed by atoms with Crippen molar-refractivity contribution >= 4 is 21.4 Å². The molecule has 1 amide bonds. The van der Waals surface area contributed by atoms with E-state index in [4.69, 9.17) is 9.47 Å². The molecule has 1 saturated carbocycles. The SMILES string of the molecule is O=C(Nc1ccc2c(c1)OC1(CCCC1)O2)C1CCS(=O)(=O)C1. The van der Waals surface area contributed by atoms with Crippen LogP contribution in [0.25, 0.3) is 0 Å². The molecule has 0 bridgehead atoms. The van der Waals surface area contributed by atoms with Gasteiger partial charge in [-0.2, -0.15) is 0 Å². The maximum Gasteiger partial charge on any atom is 0.251 e. The number of sulfone groups is 1. The zero-order valence-corrected chi connectivity index (χ0v) is 13.5. The molecule has 1 aromatic carbocycles. The Balaban J connectivity index is 1.47. The molecule has 3 aliphatic rings. The molecule has 7 heteroatoms. The van der Waals surface area contributed by atoms with Crippen molar-refractivity contribution < 1.29 is 22.7 Å². The van der Waals surface area contributed by atoms with E-state index in [-0.39, 0.29) is 17.4 Å². The van der Waals surface area contributed by atoms with Crippen LogP contribution in [0.1, 0.15) is 32.1 Å². The highest BCUT2D eigenvalue weighted by Crippen LogP contribution is 2.47. The number of carbonyl (C=O) groups is 1. The fraction of sp³-hybridized carbons (Fsp3) is 0.562. The molecule has 4 rings (SSSR count). The summed E-state index contributed by atoms with van der Waals surface area (Å²) in [4.78, 5) is 12.2. The Kier molecular flexibility index (Phi) is 3.30. The highest BCUT2D eigenvalue weighted by Gasteiger charge is 2.44. The Morgan fingerprint density at radius 1 is 1.17 bits per heavy atom. The number of amides is 1. The Bertz CT molecular complexity index is 752. The number of hydrogen-bond acceptors (Lipinski definition) is 5. The number of rotatable bonds is 2. The quantitative estimate of drug-likeness (QED) is 0.894. The first-order valence-corrected chi connectivity index (χ1v) is 9.80. The standard InChI is InChI=1S/C16H19NO5S/c18-15(11-5-8-23(19,20)10-11)17-12-3-4-13-14(9-12)22-16(21-13)6-1-2-7-16/h3-4,9,11H,1-2,5-8,10H2,(H,17,18). The highest BCUT2D eigenvalue weighted by molar-refractivity contribution is 7.91. The van der Waals surface area contributed by atoms with Gasteiger partial charge in [-0.05, 0) is 31.4 Å². The van der Waals surface area contributed by atoms with Crippen LogP contribution in [0.2, 0.25) is 0 Å². The van der Waals surface area contributed by atoms with E-state index in [1.807, 2.05) is 0 Å². The van der Waals surface area contributed by atoms with E-state index in [1.54, 1.807) is 18.2 Å². The van der Waals surface area contributed by atoms with E-state index >= 15 is 0 Å². The van der Waals surface area contributed by atoms with E-state index in [0.717, 1.165) is 25.7 Å². The van der Waals surface area contributed by atoms with Crippen molar-refractivity contribution in [3.8, 4) is 11.5 Å². The predicted octanol–water partition coefficient (Wildman–Crippen LogP) is 2.10. The van der Waals surface area contributed by atoms with Crippen molar-refractivity contribution in [3.63, 3.8) is 0 Å². The lowest BCUT2D eigenvalue weighted by atomic mass is 10.1. The average Bonchev–Trinajstić information content (AvgIpc) is 3.18. The number of anilines is 1. The molecule has 1 aromatic rings. The molecule has 1 aliphatic carbocycles. The third kappa shape index (κ3) is 2.78. The number of benzene rings is 1. The Morgan fingerprint density at radius 2 is 1.91 bits per heavy atom. The molecule has 2 fully saturated rings. The van der Waals surface area contributed by atoms with Gasteiger partial charge in [0.2, 0.25) is 5.91 Å². The van der Waals surface area contributed by atoms with Crippen LogP contribution in [0.15, 0.2) is 18.2 Å². The van der Waals surface area contributed by atoms with E-state index in [9.17, 15) is 13.2 Å². The average molecular weight is 337 g/mol. The fourth-order valence-electron chi connectivity index (χ4n) is 3.54. The molecule has 1 atom stereocenters. The van der Waals surface area contributed by atoms with Crippen LogP contribution in [0, 0.1) is 5.92 Å². The first-order valence-electron chi connectivity index (χ1n) is 7.98. The molecule has 0 radical (unpaired) electrons. The molecule has 6 nitrogen and oxygen atoms in total. The van der Waals surface area contributed by atoms with Gasteiger partial charge in [-0.1, -0.05) is 0 Å². The van der Waals surface area contributed by atoms with Crippen LogP contribution in [-0.4, -0.2) is 31.6 Å². The van der Waals surface area contributed by atoms with Crippen molar-refractivity contribution in [1.29, 1.82) is 0 Å². The molecular formula is C16H19NO5S. The van der Waals surface area contributed by atoms with Crippen molar-refractivity contribution in [2.75, 3.05) is 16.8 Å². The predicted molar refractivity (Wildman–Crippen MR) is 84.3 cm³/mol. The lowest BCUT2D eigenvalue weighted by Gasteiger charge is -2.21. The summed E-state index contributed by atoms with van der Waals surface area (Å²) in [5, 5.41) is 2.79. The number of nitrogens with one attached hydrogen (secondary N) is 1. The van der Waals surface area contributed by atoms with Crippen LogP contribution < -0.4 is 14.8 Å². The van der Waals surface area contributed by atoms with Gasteiger partial charge in [0.25, 0.3) is 5.79 Å². The third-order valence-electron chi connectivity index (χ3n) is 4.77. The maximum atomic E-state index is 12.2. The van der Waals surface area contributed by atoms with Gasteiger partial charge in [0.15, 0.2) is 21.3 Å². The van der Waals surface area contributed by atoms with E-state index < -0.39 is 21.5 Å². The van der Waals surface area contributed by atoms with Crippen LogP contribution in [0.5, 0.6) is 11.5 Å². The summed E-state index contributed by atoms with van der Waals surface area (Å²) in [6.45, 7) is 0. The van der Waals surface area contributed by atoms with Crippen molar-refractivity contribution in [1.82, 2.24) is 0 Å². The van der Waals surface area contributed by atoms with E-state index in [0.29, 0.717) is 23.6 Å². The summed E-state index contributed by atoms with van der Waals surface area (Å²) >= 11 is 0. The van der Waals surface area contributed by atoms with Crippen LogP contribution in [0.4, 0.5) is 5.69 Å². The van der Waals surface area contributed by atoms with Crippen LogP contribution in [0.3, 0.4) is 0 Å². The number of hydrogen-bond donors (Lipinski definition) is 1. The first kappa shape index (κ1) is 14.8. The molecule has 1 N–H and O–H groups in total. The minimum Gasteiger partial charge on any atom is -0.448 e. The monoisotopic (exact) mass is 337 g/mol. The normalized spacial score (nSPS) is 26.5. The zero-order chi connectivity index (χ0) is 16.1. The minimum atomic E-state index is -3.06. The minimum absolute atomic E-state index is 0.0630. The lowest BCUT2D eigenvalue weighted by molar-refractivity contribution is -0.119.